The van der Waals surface area contributed by atoms with Gasteiger partial charge in [0, 0.05) is 4.88 Å². The molecule has 0 amide bonds. The molecule has 0 atom stereocenters. The van der Waals surface area contributed by atoms with Crippen LogP contribution in [0.4, 0.5) is 10.1 Å². The van der Waals surface area contributed by atoms with Gasteiger partial charge >= 0.3 is 0 Å². The molecular formula is C18H15ClFNO3S2. The lowest BCUT2D eigenvalue weighted by Crippen LogP contribution is -2.30. The first-order valence-corrected chi connectivity index (χ1v) is 10.3. The van der Waals surface area contributed by atoms with Crippen LogP contribution in [0.1, 0.15) is 4.88 Å². The Balaban J connectivity index is 2.08. The fraction of sp³-hybridized carbons (Fsp3) is 0.111. The van der Waals surface area contributed by atoms with Gasteiger partial charge in [-0.05, 0) is 53.9 Å². The molecule has 0 saturated carbocycles. The molecule has 136 valence electrons. The van der Waals surface area contributed by atoms with E-state index < -0.39 is 15.8 Å². The van der Waals surface area contributed by atoms with E-state index in [0.29, 0.717) is 11.4 Å². The second-order valence-electron chi connectivity index (χ2n) is 5.36. The summed E-state index contributed by atoms with van der Waals surface area (Å²) in [4.78, 5) is 0.718. The molecule has 0 fully saturated rings. The summed E-state index contributed by atoms with van der Waals surface area (Å²) in [6, 6.07) is 13.6. The minimum atomic E-state index is -4.00. The lowest BCUT2D eigenvalue weighted by molar-refractivity contribution is 0.415. The van der Waals surface area contributed by atoms with E-state index >= 15 is 0 Å². The number of hydrogen-bond donors (Lipinski definition) is 0. The molecule has 2 aromatic carbocycles. The number of nitrogens with zero attached hydrogens (tertiary/aromatic N) is 1. The summed E-state index contributed by atoms with van der Waals surface area (Å²) in [5.41, 5.74) is 0.458. The van der Waals surface area contributed by atoms with E-state index in [1.165, 1.54) is 28.8 Å². The van der Waals surface area contributed by atoms with Crippen molar-refractivity contribution in [3.63, 3.8) is 0 Å². The second kappa shape index (κ2) is 7.65. The van der Waals surface area contributed by atoms with E-state index in [1.54, 1.807) is 24.3 Å². The van der Waals surface area contributed by atoms with Gasteiger partial charge in [-0.3, -0.25) is 4.31 Å². The maximum atomic E-state index is 13.3. The lowest BCUT2D eigenvalue weighted by Gasteiger charge is -2.24. The Morgan fingerprint density at radius 2 is 1.88 bits per heavy atom. The lowest BCUT2D eigenvalue weighted by atomic mass is 10.3. The number of sulfonamides is 1. The third-order valence-corrected chi connectivity index (χ3v) is 6.82. The Kier molecular flexibility index (Phi) is 5.50. The molecule has 26 heavy (non-hydrogen) atoms. The molecule has 3 aromatic rings. The van der Waals surface area contributed by atoms with Crippen molar-refractivity contribution in [3.8, 4) is 5.75 Å². The fourth-order valence-corrected chi connectivity index (χ4v) is 5.14. The molecule has 0 unspecified atom stereocenters. The van der Waals surface area contributed by atoms with Gasteiger partial charge in [-0.2, -0.15) is 0 Å². The zero-order chi connectivity index (χ0) is 18.7. The smallest absolute Gasteiger partial charge is 0.266 e. The van der Waals surface area contributed by atoms with E-state index in [1.807, 2.05) is 17.5 Å². The first-order valence-electron chi connectivity index (χ1n) is 7.56. The molecule has 0 aliphatic rings. The van der Waals surface area contributed by atoms with Crippen LogP contribution in [0.2, 0.25) is 5.02 Å². The summed E-state index contributed by atoms with van der Waals surface area (Å²) in [5.74, 6) is 0.0187. The fourth-order valence-electron chi connectivity index (χ4n) is 2.41. The van der Waals surface area contributed by atoms with Gasteiger partial charge in [0.2, 0.25) is 0 Å². The summed E-state index contributed by atoms with van der Waals surface area (Å²) >= 11 is 7.46. The number of anilines is 1. The van der Waals surface area contributed by atoms with Gasteiger partial charge in [0.1, 0.15) is 16.5 Å². The molecule has 1 heterocycles. The predicted molar refractivity (Wildman–Crippen MR) is 102 cm³/mol. The zero-order valence-electron chi connectivity index (χ0n) is 13.7. The summed E-state index contributed by atoms with van der Waals surface area (Å²) in [6.07, 6.45) is 0. The number of methoxy groups -OCH3 is 1. The quantitative estimate of drug-likeness (QED) is 0.576. The highest BCUT2D eigenvalue weighted by atomic mass is 35.5. The average molecular weight is 412 g/mol. The van der Waals surface area contributed by atoms with Crippen LogP contribution in [0, 0.1) is 5.82 Å². The monoisotopic (exact) mass is 411 g/mol. The van der Waals surface area contributed by atoms with Crippen LogP contribution in [0.3, 0.4) is 0 Å². The van der Waals surface area contributed by atoms with Gasteiger partial charge in [0.05, 0.1) is 24.4 Å². The third kappa shape index (κ3) is 3.85. The average Bonchev–Trinajstić information content (AvgIpc) is 3.12. The maximum Gasteiger partial charge on any atom is 0.266 e. The van der Waals surface area contributed by atoms with Crippen molar-refractivity contribution in [1.29, 1.82) is 0 Å². The molecule has 1 aromatic heterocycles. The van der Waals surface area contributed by atoms with Gasteiger partial charge in [0.25, 0.3) is 10.0 Å². The SMILES string of the molecule is COc1ccc(N(Cc2cccs2)S(=O)(=O)c2ccc(F)cc2Cl)cc1. The highest BCUT2D eigenvalue weighted by Gasteiger charge is 2.28. The number of benzene rings is 2. The van der Waals surface area contributed by atoms with Crippen molar-refractivity contribution in [2.45, 2.75) is 11.4 Å². The Morgan fingerprint density at radius 3 is 2.46 bits per heavy atom. The second-order valence-corrected chi connectivity index (χ2v) is 8.63. The van der Waals surface area contributed by atoms with Crippen molar-refractivity contribution in [3.05, 3.63) is 75.7 Å². The first-order chi connectivity index (χ1) is 12.4. The van der Waals surface area contributed by atoms with Crippen molar-refractivity contribution in [2.24, 2.45) is 0 Å². The van der Waals surface area contributed by atoms with Crippen LogP contribution in [0.5, 0.6) is 5.75 Å². The molecule has 0 spiro atoms. The number of hydrogen-bond acceptors (Lipinski definition) is 4. The third-order valence-electron chi connectivity index (χ3n) is 3.70. The van der Waals surface area contributed by atoms with Gasteiger partial charge < -0.3 is 4.74 Å². The van der Waals surface area contributed by atoms with Gasteiger partial charge in [-0.25, -0.2) is 12.8 Å². The Hall–Kier alpha value is -2.09. The van der Waals surface area contributed by atoms with E-state index in [9.17, 15) is 12.8 Å². The van der Waals surface area contributed by atoms with Crippen LogP contribution in [-0.4, -0.2) is 15.5 Å². The zero-order valence-corrected chi connectivity index (χ0v) is 16.1. The molecule has 0 aliphatic heterocycles. The number of thiophene rings is 1. The Morgan fingerprint density at radius 1 is 1.15 bits per heavy atom. The summed E-state index contributed by atoms with van der Waals surface area (Å²) in [6.45, 7) is 0.139. The molecule has 0 aliphatic carbocycles. The minimum Gasteiger partial charge on any atom is -0.497 e. The maximum absolute atomic E-state index is 13.3. The molecule has 3 rings (SSSR count). The summed E-state index contributed by atoms with van der Waals surface area (Å²) in [5, 5.41) is 1.72. The normalized spacial score (nSPS) is 11.3. The van der Waals surface area contributed by atoms with Crippen LogP contribution in [0.25, 0.3) is 0 Å². The molecule has 0 saturated heterocycles. The van der Waals surface area contributed by atoms with Crippen LogP contribution < -0.4 is 9.04 Å². The van der Waals surface area contributed by atoms with Gasteiger partial charge in [0.15, 0.2) is 0 Å². The number of ether oxygens (including phenoxy) is 1. The van der Waals surface area contributed by atoms with Gasteiger partial charge in [-0.1, -0.05) is 17.7 Å². The summed E-state index contributed by atoms with van der Waals surface area (Å²) < 4.78 is 46.2. The van der Waals surface area contributed by atoms with Gasteiger partial charge in [-0.15, -0.1) is 11.3 Å². The first kappa shape index (κ1) is 18.7. The largest absolute Gasteiger partial charge is 0.497 e. The molecule has 8 heteroatoms. The highest BCUT2D eigenvalue weighted by Crippen LogP contribution is 2.32. The van der Waals surface area contributed by atoms with E-state index in [4.69, 9.17) is 16.3 Å². The van der Waals surface area contributed by atoms with Crippen LogP contribution >= 0.6 is 22.9 Å². The summed E-state index contributed by atoms with van der Waals surface area (Å²) in [7, 11) is -2.46. The van der Waals surface area contributed by atoms with Crippen molar-refractivity contribution >= 4 is 38.6 Å². The number of halogens is 2. The van der Waals surface area contributed by atoms with Crippen LogP contribution in [0.15, 0.2) is 64.9 Å². The molecule has 0 bridgehead atoms. The van der Waals surface area contributed by atoms with Crippen molar-refractivity contribution in [1.82, 2.24) is 0 Å². The van der Waals surface area contributed by atoms with Crippen molar-refractivity contribution < 1.29 is 17.5 Å². The minimum absolute atomic E-state index is 0.139. The topological polar surface area (TPSA) is 46.6 Å². The molecule has 0 radical (unpaired) electrons. The Labute approximate surface area is 160 Å². The Bertz CT molecular complexity index is 990. The van der Waals surface area contributed by atoms with E-state index in [2.05, 4.69) is 0 Å². The van der Waals surface area contributed by atoms with Crippen LogP contribution in [-0.2, 0) is 16.6 Å². The standard InChI is InChI=1S/C18H15ClFNO3S2/c1-24-15-7-5-14(6-8-15)21(12-16-3-2-10-25-16)26(22,23)18-9-4-13(20)11-17(18)19/h2-11H,12H2,1H3. The van der Waals surface area contributed by atoms with E-state index in [0.717, 1.165) is 17.0 Å². The predicted octanol–water partition coefficient (Wildman–Crippen LogP) is 4.94. The molecule has 0 N–H and O–H groups in total. The van der Waals surface area contributed by atoms with E-state index in [-0.39, 0.29) is 16.5 Å². The molecule has 4 nitrogen and oxygen atoms in total. The number of rotatable bonds is 6. The highest BCUT2D eigenvalue weighted by molar-refractivity contribution is 7.93. The van der Waals surface area contributed by atoms with Crippen molar-refractivity contribution in [2.75, 3.05) is 11.4 Å². The molecular weight excluding hydrogens is 397 g/mol.